The van der Waals surface area contributed by atoms with Crippen LogP contribution in [0.25, 0.3) is 0 Å². The van der Waals surface area contributed by atoms with E-state index >= 15 is 0 Å². The number of hydrogen-bond donors (Lipinski definition) is 1. The van der Waals surface area contributed by atoms with Crippen LogP contribution in [-0.2, 0) is 26.3 Å². The van der Waals surface area contributed by atoms with Gasteiger partial charge in [-0.1, -0.05) is 24.3 Å². The largest absolute Gasteiger partial charge is 0.351 e. The summed E-state index contributed by atoms with van der Waals surface area (Å²) in [5, 5.41) is 11.3. The number of aryl methyl sites for hydroxylation is 1. The molecular formula is C31H27F4N5O3. The van der Waals surface area contributed by atoms with Crippen molar-refractivity contribution in [3.05, 3.63) is 89.1 Å². The van der Waals surface area contributed by atoms with E-state index in [1.165, 1.54) is 0 Å². The van der Waals surface area contributed by atoms with E-state index < -0.39 is 47.9 Å². The van der Waals surface area contributed by atoms with Gasteiger partial charge < -0.3 is 5.32 Å². The molecule has 8 nitrogen and oxygen atoms in total. The summed E-state index contributed by atoms with van der Waals surface area (Å²) in [7, 11) is 0. The van der Waals surface area contributed by atoms with Gasteiger partial charge in [-0.05, 0) is 54.7 Å². The standard InChI is InChI=1S/C21H18F4N2O2.C10H9N3O/c22-14-5-6-17(23)18(9-14)27(12-28)21(8-7-13-3-1-2-4-16(13)21)19(29)26-15-10-20(24,25)11-15;11-7-8-3-4-12-9(6-8)13-5-1-2-10(13)14/h1-6,9,12,15H,7-8,10-11H2,(H,26,29);3-4,6H,1-2,5H2. The molecule has 1 unspecified atom stereocenters. The number of rotatable bonds is 6. The molecule has 2 aliphatic carbocycles. The number of nitrogens with zero attached hydrogens (tertiary/aromatic N) is 4. The van der Waals surface area contributed by atoms with Crippen LogP contribution >= 0.6 is 0 Å². The molecule has 6 rings (SSSR count). The second kappa shape index (κ2) is 11.8. The highest BCUT2D eigenvalue weighted by molar-refractivity contribution is 5.99. The molecule has 43 heavy (non-hydrogen) atoms. The third kappa shape index (κ3) is 5.80. The molecule has 0 radical (unpaired) electrons. The summed E-state index contributed by atoms with van der Waals surface area (Å²) in [6.45, 7) is 0.709. The normalized spacial score (nSPS) is 20.3. The van der Waals surface area contributed by atoms with Crippen LogP contribution in [0, 0.1) is 23.0 Å². The lowest BCUT2D eigenvalue weighted by Crippen LogP contribution is -2.60. The number of carbonyl (C=O) groups is 3. The van der Waals surface area contributed by atoms with Crippen LogP contribution in [-0.4, -0.2) is 41.7 Å². The number of carbonyl (C=O) groups excluding carboxylic acids is 3. The molecule has 1 saturated carbocycles. The summed E-state index contributed by atoms with van der Waals surface area (Å²) >= 11 is 0. The van der Waals surface area contributed by atoms with Crippen molar-refractivity contribution >= 4 is 29.7 Å². The average Bonchev–Trinajstić information content (AvgIpc) is 3.59. The Morgan fingerprint density at radius 2 is 1.88 bits per heavy atom. The number of fused-ring (bicyclic) bond motifs is 1. The number of hydrogen-bond acceptors (Lipinski definition) is 5. The molecule has 2 aromatic carbocycles. The number of alkyl halides is 2. The number of halogens is 4. The maximum absolute atomic E-state index is 14.5. The van der Waals surface area contributed by atoms with Gasteiger partial charge in [-0.15, -0.1) is 0 Å². The first-order valence-corrected chi connectivity index (χ1v) is 13.7. The highest BCUT2D eigenvalue weighted by Gasteiger charge is 2.54. The maximum atomic E-state index is 14.5. The predicted molar refractivity (Wildman–Crippen MR) is 148 cm³/mol. The Morgan fingerprint density at radius 3 is 2.56 bits per heavy atom. The smallest absolute Gasteiger partial charge is 0.252 e. The van der Waals surface area contributed by atoms with Crippen molar-refractivity contribution in [3.63, 3.8) is 0 Å². The predicted octanol–water partition coefficient (Wildman–Crippen LogP) is 4.76. The Labute approximate surface area is 244 Å². The first kappa shape index (κ1) is 29.7. The molecule has 2 fully saturated rings. The van der Waals surface area contributed by atoms with E-state index in [0.29, 0.717) is 36.3 Å². The van der Waals surface area contributed by atoms with Crippen molar-refractivity contribution in [2.75, 3.05) is 16.3 Å². The van der Waals surface area contributed by atoms with E-state index in [1.54, 1.807) is 47.5 Å². The first-order chi connectivity index (χ1) is 20.6. The Morgan fingerprint density at radius 1 is 1.12 bits per heavy atom. The molecular weight excluding hydrogens is 566 g/mol. The van der Waals surface area contributed by atoms with Crippen LogP contribution < -0.4 is 15.1 Å². The van der Waals surface area contributed by atoms with Crippen LogP contribution in [0.4, 0.5) is 29.1 Å². The van der Waals surface area contributed by atoms with E-state index in [2.05, 4.69) is 10.3 Å². The molecule has 12 heteroatoms. The fourth-order valence-corrected chi connectivity index (χ4v) is 5.80. The highest BCUT2D eigenvalue weighted by atomic mass is 19.3. The number of amides is 3. The SMILES string of the molecule is N#Cc1ccnc(N2CCCC2=O)c1.O=CN(c1cc(F)ccc1F)C1(C(=O)NC2CC(F)(F)C2)CCc2ccccc21. The summed E-state index contributed by atoms with van der Waals surface area (Å²) in [5.74, 6) is -4.48. The van der Waals surface area contributed by atoms with Gasteiger partial charge in [0.05, 0.1) is 17.3 Å². The zero-order valence-electron chi connectivity index (χ0n) is 22.9. The Balaban J connectivity index is 0.000000220. The monoisotopic (exact) mass is 593 g/mol. The molecule has 3 amide bonds. The molecule has 0 spiro atoms. The highest BCUT2D eigenvalue weighted by Crippen LogP contribution is 2.45. The van der Waals surface area contributed by atoms with Gasteiger partial charge in [-0.25, -0.2) is 22.5 Å². The van der Waals surface area contributed by atoms with E-state index in [9.17, 15) is 31.9 Å². The van der Waals surface area contributed by atoms with Gasteiger partial charge in [0.1, 0.15) is 17.5 Å². The van der Waals surface area contributed by atoms with E-state index in [0.717, 1.165) is 35.1 Å². The summed E-state index contributed by atoms with van der Waals surface area (Å²) in [6, 6.07) is 14.1. The summed E-state index contributed by atoms with van der Waals surface area (Å²) in [4.78, 5) is 43.4. The third-order valence-electron chi connectivity index (χ3n) is 7.93. The number of pyridine rings is 1. The first-order valence-electron chi connectivity index (χ1n) is 13.7. The van der Waals surface area contributed by atoms with Gasteiger partial charge in [0, 0.05) is 44.1 Å². The minimum absolute atomic E-state index is 0.0904. The van der Waals surface area contributed by atoms with Crippen LogP contribution in [0.5, 0.6) is 0 Å². The quantitative estimate of drug-likeness (QED) is 0.328. The molecule has 1 saturated heterocycles. The van der Waals surface area contributed by atoms with Crippen LogP contribution in [0.3, 0.4) is 0 Å². The minimum Gasteiger partial charge on any atom is -0.351 e. The lowest BCUT2D eigenvalue weighted by Gasteiger charge is -2.42. The molecule has 222 valence electrons. The van der Waals surface area contributed by atoms with Gasteiger partial charge in [-0.3, -0.25) is 24.2 Å². The molecule has 1 atom stereocenters. The van der Waals surface area contributed by atoms with Crippen molar-refractivity contribution in [2.24, 2.45) is 0 Å². The van der Waals surface area contributed by atoms with Crippen molar-refractivity contribution in [1.82, 2.24) is 10.3 Å². The van der Waals surface area contributed by atoms with Crippen molar-refractivity contribution < 1.29 is 31.9 Å². The zero-order valence-corrected chi connectivity index (χ0v) is 22.9. The van der Waals surface area contributed by atoms with E-state index in [1.807, 2.05) is 6.07 Å². The Bertz CT molecular complexity index is 1600. The van der Waals surface area contributed by atoms with Crippen molar-refractivity contribution in [1.29, 1.82) is 5.26 Å². The number of benzene rings is 2. The number of anilines is 2. The fourth-order valence-electron chi connectivity index (χ4n) is 5.80. The maximum Gasteiger partial charge on any atom is 0.252 e. The molecule has 1 N–H and O–H groups in total. The number of nitriles is 1. The summed E-state index contributed by atoms with van der Waals surface area (Å²) in [5.41, 5.74) is -0.247. The second-order valence-electron chi connectivity index (χ2n) is 10.7. The lowest BCUT2D eigenvalue weighted by atomic mass is 9.84. The van der Waals surface area contributed by atoms with Crippen LogP contribution in [0.1, 0.15) is 48.8 Å². The molecule has 2 heterocycles. The van der Waals surface area contributed by atoms with E-state index in [-0.39, 0.29) is 24.4 Å². The van der Waals surface area contributed by atoms with Crippen LogP contribution in [0.2, 0.25) is 0 Å². The fraction of sp³-hybridized carbons (Fsp3) is 0.323. The molecule has 0 bridgehead atoms. The van der Waals surface area contributed by atoms with Gasteiger partial charge in [-0.2, -0.15) is 5.26 Å². The topological polar surface area (TPSA) is 106 Å². The zero-order chi connectivity index (χ0) is 30.8. The Kier molecular flexibility index (Phi) is 8.17. The van der Waals surface area contributed by atoms with Gasteiger partial charge in [0.2, 0.25) is 12.3 Å². The lowest BCUT2D eigenvalue weighted by molar-refractivity contribution is -0.135. The Hall–Kier alpha value is -4.79. The minimum atomic E-state index is -2.84. The molecule has 1 aromatic heterocycles. The molecule has 1 aliphatic heterocycles. The second-order valence-corrected chi connectivity index (χ2v) is 10.7. The van der Waals surface area contributed by atoms with Gasteiger partial charge in [0.25, 0.3) is 11.8 Å². The molecule has 3 aromatic rings. The number of nitrogens with one attached hydrogen (secondary N) is 1. The summed E-state index contributed by atoms with van der Waals surface area (Å²) in [6.07, 6.45) is 2.85. The number of aromatic nitrogens is 1. The van der Waals surface area contributed by atoms with Crippen molar-refractivity contribution in [2.45, 2.75) is 56.0 Å². The molecule has 3 aliphatic rings. The van der Waals surface area contributed by atoms with Crippen LogP contribution in [0.15, 0.2) is 60.8 Å². The van der Waals surface area contributed by atoms with Crippen molar-refractivity contribution in [3.8, 4) is 6.07 Å². The van der Waals surface area contributed by atoms with Gasteiger partial charge >= 0.3 is 0 Å². The summed E-state index contributed by atoms with van der Waals surface area (Å²) < 4.78 is 54.8. The van der Waals surface area contributed by atoms with E-state index in [4.69, 9.17) is 5.26 Å². The average molecular weight is 594 g/mol. The third-order valence-corrected chi connectivity index (χ3v) is 7.93. The van der Waals surface area contributed by atoms with Gasteiger partial charge in [0.15, 0.2) is 5.54 Å².